The van der Waals surface area contributed by atoms with Crippen LogP contribution in [0, 0.1) is 0 Å². The van der Waals surface area contributed by atoms with Crippen LogP contribution in [0.2, 0.25) is 0 Å². The molecule has 0 aliphatic carbocycles. The van der Waals surface area contributed by atoms with Gasteiger partial charge in [0.25, 0.3) is 0 Å². The molecule has 2 N–H and O–H groups in total. The Labute approximate surface area is 117 Å². The minimum absolute atomic E-state index is 0.188. The van der Waals surface area contributed by atoms with Crippen LogP contribution in [0.3, 0.4) is 0 Å². The molecule has 0 radical (unpaired) electrons. The Balaban J connectivity index is 2.15. The van der Waals surface area contributed by atoms with Crippen LogP contribution in [-0.2, 0) is 9.59 Å². The van der Waals surface area contributed by atoms with Crippen molar-refractivity contribution in [2.75, 3.05) is 0 Å². The van der Waals surface area contributed by atoms with Gasteiger partial charge in [-0.25, -0.2) is 4.98 Å². The Morgan fingerprint density at radius 1 is 1.21 bits per heavy atom. The van der Waals surface area contributed by atoms with Crippen molar-refractivity contribution in [1.29, 1.82) is 0 Å². The molecule has 0 spiro atoms. The van der Waals surface area contributed by atoms with Gasteiger partial charge in [-0.2, -0.15) is 0 Å². The van der Waals surface area contributed by atoms with Gasteiger partial charge in [0.15, 0.2) is 4.34 Å². The van der Waals surface area contributed by atoms with Gasteiger partial charge in [0.05, 0.1) is 23.1 Å². The summed E-state index contributed by atoms with van der Waals surface area (Å²) in [6, 6.07) is 7.59. The van der Waals surface area contributed by atoms with Gasteiger partial charge in [-0.3, -0.25) is 9.59 Å². The van der Waals surface area contributed by atoms with Crippen LogP contribution in [-0.4, -0.2) is 32.4 Å². The van der Waals surface area contributed by atoms with Gasteiger partial charge >= 0.3 is 11.9 Å². The second-order valence-electron chi connectivity index (χ2n) is 3.88. The fourth-order valence-electron chi connectivity index (χ4n) is 1.59. The quantitative estimate of drug-likeness (QED) is 0.797. The maximum Gasteiger partial charge on any atom is 0.304 e. The molecule has 0 saturated carbocycles. The minimum atomic E-state index is -1.00. The van der Waals surface area contributed by atoms with E-state index in [1.165, 1.54) is 23.1 Å². The average molecular weight is 297 g/mol. The first-order chi connectivity index (χ1) is 9.04. The third-order valence-corrected chi connectivity index (χ3v) is 4.68. The van der Waals surface area contributed by atoms with Crippen molar-refractivity contribution in [2.45, 2.75) is 22.4 Å². The third-order valence-electron chi connectivity index (χ3n) is 2.35. The lowest BCUT2D eigenvalue weighted by Crippen LogP contribution is -2.14. The van der Waals surface area contributed by atoms with E-state index in [1.54, 1.807) is 0 Å². The Kier molecular flexibility index (Phi) is 4.39. The molecule has 0 fully saturated rings. The molecule has 100 valence electrons. The zero-order valence-electron chi connectivity index (χ0n) is 9.78. The number of benzene rings is 1. The highest BCUT2D eigenvalue weighted by Crippen LogP contribution is 2.34. The number of aromatic nitrogens is 1. The van der Waals surface area contributed by atoms with Crippen molar-refractivity contribution in [1.82, 2.24) is 4.98 Å². The molecular formula is C12H11NO4S2. The molecular weight excluding hydrogens is 286 g/mol. The summed E-state index contributed by atoms with van der Waals surface area (Å²) < 4.78 is 1.71. The first kappa shape index (κ1) is 13.8. The predicted octanol–water partition coefficient (Wildman–Crippen LogP) is 2.71. The normalized spacial score (nSPS) is 11.0. The molecule has 2 aromatic rings. The molecule has 0 bridgehead atoms. The van der Waals surface area contributed by atoms with E-state index in [0.717, 1.165) is 10.2 Å². The molecule has 2 rings (SSSR count). The number of thioether (sulfide) groups is 1. The van der Waals surface area contributed by atoms with E-state index in [0.29, 0.717) is 4.34 Å². The SMILES string of the molecule is O=C(O)CC(CC(=O)O)Sc1nc2ccccc2s1. The van der Waals surface area contributed by atoms with Gasteiger partial charge in [0.1, 0.15) is 0 Å². The van der Waals surface area contributed by atoms with Crippen molar-refractivity contribution < 1.29 is 19.8 Å². The second-order valence-corrected chi connectivity index (χ2v) is 6.46. The predicted molar refractivity (Wildman–Crippen MR) is 73.8 cm³/mol. The van der Waals surface area contributed by atoms with Crippen molar-refractivity contribution in [2.24, 2.45) is 0 Å². The molecule has 0 unspecified atom stereocenters. The van der Waals surface area contributed by atoms with E-state index in [9.17, 15) is 9.59 Å². The largest absolute Gasteiger partial charge is 0.481 e. The van der Waals surface area contributed by atoms with Crippen LogP contribution < -0.4 is 0 Å². The number of fused-ring (bicyclic) bond motifs is 1. The number of nitrogens with zero attached hydrogens (tertiary/aromatic N) is 1. The summed E-state index contributed by atoms with van der Waals surface area (Å²) in [5.41, 5.74) is 0.847. The molecule has 1 aromatic carbocycles. The number of carboxylic acids is 2. The third kappa shape index (κ3) is 3.93. The van der Waals surface area contributed by atoms with Crippen molar-refractivity contribution >= 4 is 45.3 Å². The zero-order chi connectivity index (χ0) is 13.8. The van der Waals surface area contributed by atoms with E-state index in [1.807, 2.05) is 24.3 Å². The van der Waals surface area contributed by atoms with E-state index in [-0.39, 0.29) is 12.8 Å². The fourth-order valence-corrected chi connectivity index (χ4v) is 4.04. The van der Waals surface area contributed by atoms with Gasteiger partial charge in [-0.05, 0) is 12.1 Å². The summed E-state index contributed by atoms with van der Waals surface area (Å²) in [6.07, 6.45) is -0.375. The number of carbonyl (C=O) groups is 2. The molecule has 19 heavy (non-hydrogen) atoms. The number of aliphatic carboxylic acids is 2. The lowest BCUT2D eigenvalue weighted by molar-refractivity contribution is -0.138. The number of thiazole rings is 1. The number of para-hydroxylation sites is 1. The second kappa shape index (κ2) is 6.03. The van der Waals surface area contributed by atoms with E-state index < -0.39 is 17.2 Å². The maximum absolute atomic E-state index is 10.7. The summed E-state index contributed by atoms with van der Waals surface area (Å²) in [5, 5.41) is 17.1. The Hall–Kier alpha value is -1.60. The highest BCUT2D eigenvalue weighted by atomic mass is 32.2. The van der Waals surface area contributed by atoms with Crippen LogP contribution in [0.1, 0.15) is 12.8 Å². The molecule has 0 atom stereocenters. The fraction of sp³-hybridized carbons (Fsp3) is 0.250. The Morgan fingerprint density at radius 3 is 2.42 bits per heavy atom. The first-order valence-corrected chi connectivity index (χ1v) is 7.20. The number of hydrogen-bond acceptors (Lipinski definition) is 5. The highest BCUT2D eigenvalue weighted by molar-refractivity contribution is 8.01. The number of hydrogen-bond donors (Lipinski definition) is 2. The van der Waals surface area contributed by atoms with Gasteiger partial charge in [-0.1, -0.05) is 23.9 Å². The van der Waals surface area contributed by atoms with Crippen molar-refractivity contribution in [3.05, 3.63) is 24.3 Å². The summed E-state index contributed by atoms with van der Waals surface area (Å²) in [4.78, 5) is 25.8. The van der Waals surface area contributed by atoms with Gasteiger partial charge < -0.3 is 10.2 Å². The first-order valence-electron chi connectivity index (χ1n) is 5.50. The maximum atomic E-state index is 10.7. The monoisotopic (exact) mass is 297 g/mol. The topological polar surface area (TPSA) is 87.5 Å². The number of rotatable bonds is 6. The average Bonchev–Trinajstić information content (AvgIpc) is 2.68. The van der Waals surface area contributed by atoms with E-state index in [4.69, 9.17) is 10.2 Å². The minimum Gasteiger partial charge on any atom is -0.481 e. The van der Waals surface area contributed by atoms with Crippen molar-refractivity contribution in [3.63, 3.8) is 0 Å². The van der Waals surface area contributed by atoms with E-state index >= 15 is 0 Å². The number of carboxylic acid groups (broad SMARTS) is 2. The molecule has 0 aliphatic rings. The van der Waals surface area contributed by atoms with Crippen LogP contribution in [0.4, 0.5) is 0 Å². The Morgan fingerprint density at radius 2 is 1.84 bits per heavy atom. The molecule has 5 nitrogen and oxygen atoms in total. The van der Waals surface area contributed by atoms with Crippen molar-refractivity contribution in [3.8, 4) is 0 Å². The summed E-state index contributed by atoms with van der Waals surface area (Å²) in [6.45, 7) is 0. The molecule has 0 saturated heterocycles. The molecule has 7 heteroatoms. The van der Waals surface area contributed by atoms with E-state index in [2.05, 4.69) is 4.98 Å². The highest BCUT2D eigenvalue weighted by Gasteiger charge is 2.20. The van der Waals surface area contributed by atoms with Crippen LogP contribution in [0.15, 0.2) is 28.6 Å². The molecule has 1 aromatic heterocycles. The standard InChI is InChI=1S/C12H11NO4S2/c14-10(15)5-7(6-11(16)17)18-12-13-8-3-1-2-4-9(8)19-12/h1-4,7H,5-6H2,(H,14,15)(H,16,17). The van der Waals surface area contributed by atoms with Gasteiger partial charge in [0, 0.05) is 5.25 Å². The summed E-state index contributed by atoms with van der Waals surface area (Å²) in [7, 11) is 0. The molecule has 1 heterocycles. The van der Waals surface area contributed by atoms with Crippen LogP contribution in [0.5, 0.6) is 0 Å². The molecule has 0 amide bonds. The van der Waals surface area contributed by atoms with Crippen LogP contribution in [0.25, 0.3) is 10.2 Å². The smallest absolute Gasteiger partial charge is 0.304 e. The van der Waals surface area contributed by atoms with Gasteiger partial charge in [0.2, 0.25) is 0 Å². The summed E-state index contributed by atoms with van der Waals surface area (Å²) in [5.74, 6) is -2.00. The van der Waals surface area contributed by atoms with Gasteiger partial charge in [-0.15, -0.1) is 11.3 Å². The lowest BCUT2D eigenvalue weighted by atomic mass is 10.2. The lowest BCUT2D eigenvalue weighted by Gasteiger charge is -2.09. The summed E-state index contributed by atoms with van der Waals surface area (Å²) >= 11 is 2.66. The van der Waals surface area contributed by atoms with Crippen LogP contribution >= 0.6 is 23.1 Å². The Bertz CT molecular complexity index is 562. The molecule has 0 aliphatic heterocycles. The zero-order valence-corrected chi connectivity index (χ0v) is 11.4.